The van der Waals surface area contributed by atoms with Gasteiger partial charge in [0.05, 0.1) is 25.9 Å². The summed E-state index contributed by atoms with van der Waals surface area (Å²) < 4.78 is 61.2. The van der Waals surface area contributed by atoms with Crippen LogP contribution < -0.4 is 14.2 Å². The molecule has 2 aliphatic heterocycles. The monoisotopic (exact) mass is 548 g/mol. The Kier molecular flexibility index (Phi) is 8.37. The molecule has 0 aromatic heterocycles. The average Bonchev–Trinajstić information content (AvgIpc) is 3.31. The third-order valence-electron chi connectivity index (χ3n) is 5.17. The van der Waals surface area contributed by atoms with Crippen molar-refractivity contribution in [3.8, 4) is 17.2 Å². The molecule has 1 N–H and O–H groups in total. The van der Waals surface area contributed by atoms with Gasteiger partial charge < -0.3 is 18.9 Å². The summed E-state index contributed by atoms with van der Waals surface area (Å²) in [5.41, 5.74) is 1.36. The maximum Gasteiger partial charge on any atom is 0.441 e. The van der Waals surface area contributed by atoms with Crippen LogP contribution in [-0.4, -0.2) is 66.7 Å². The summed E-state index contributed by atoms with van der Waals surface area (Å²) in [4.78, 5) is 16.1. The van der Waals surface area contributed by atoms with Gasteiger partial charge in [0.2, 0.25) is 10.2 Å². The predicted octanol–water partition coefficient (Wildman–Crippen LogP) is 4.66. The molecule has 0 bridgehead atoms. The largest absolute Gasteiger partial charge is 0.493 e. The van der Waals surface area contributed by atoms with E-state index in [0.29, 0.717) is 41.9 Å². The quantitative estimate of drug-likeness (QED) is 0.340. The molecule has 0 fully saturated rings. The SMILES string of the molecule is COc1cc(/C=C2/C(=N)N3N=C(C(F)(F)F)SC3=NC2=O)ccc1OCCOCCOc1cccc(C)c1. The first-order valence-electron chi connectivity index (χ1n) is 11.3. The number of amidine groups is 2. The van der Waals surface area contributed by atoms with Gasteiger partial charge in [-0.1, -0.05) is 18.2 Å². The number of carbonyl (C=O) groups excluding carboxylic acids is 1. The number of amides is 1. The van der Waals surface area contributed by atoms with Crippen LogP contribution in [0.5, 0.6) is 17.2 Å². The van der Waals surface area contributed by atoms with Crippen molar-refractivity contribution in [1.82, 2.24) is 5.01 Å². The van der Waals surface area contributed by atoms with Crippen molar-refractivity contribution < 1.29 is 36.9 Å². The van der Waals surface area contributed by atoms with E-state index in [1.54, 1.807) is 18.2 Å². The minimum atomic E-state index is -4.71. The number of nitrogens with one attached hydrogen (secondary N) is 1. The van der Waals surface area contributed by atoms with E-state index in [0.717, 1.165) is 11.3 Å². The van der Waals surface area contributed by atoms with Gasteiger partial charge in [-0.25, -0.2) is 0 Å². The summed E-state index contributed by atoms with van der Waals surface area (Å²) in [5, 5.41) is 10.8. The van der Waals surface area contributed by atoms with E-state index in [1.165, 1.54) is 13.2 Å². The molecule has 2 aliphatic rings. The molecule has 0 saturated carbocycles. The number of fused-ring (bicyclic) bond motifs is 1. The summed E-state index contributed by atoms with van der Waals surface area (Å²) in [6.45, 7) is 3.32. The molecular formula is C25H23F3N4O5S. The molecule has 0 unspecified atom stereocenters. The molecule has 0 spiro atoms. The average molecular weight is 549 g/mol. The van der Waals surface area contributed by atoms with Crippen LogP contribution in [0.2, 0.25) is 0 Å². The Balaban J connectivity index is 1.32. The summed E-state index contributed by atoms with van der Waals surface area (Å²) in [7, 11) is 1.44. The zero-order chi connectivity index (χ0) is 27.3. The molecule has 2 heterocycles. The molecule has 0 aliphatic carbocycles. The lowest BCUT2D eigenvalue weighted by molar-refractivity contribution is -0.114. The van der Waals surface area contributed by atoms with Gasteiger partial charge in [-0.05, 0) is 60.2 Å². The number of benzene rings is 2. The van der Waals surface area contributed by atoms with Crippen LogP contribution in [-0.2, 0) is 9.53 Å². The van der Waals surface area contributed by atoms with Crippen LogP contribution in [0.1, 0.15) is 11.1 Å². The summed E-state index contributed by atoms with van der Waals surface area (Å²) in [6.07, 6.45) is -3.37. The van der Waals surface area contributed by atoms with Crippen molar-refractivity contribution in [2.24, 2.45) is 10.1 Å². The highest BCUT2D eigenvalue weighted by atomic mass is 32.2. The van der Waals surface area contributed by atoms with Crippen molar-refractivity contribution in [3.05, 3.63) is 59.2 Å². The smallest absolute Gasteiger partial charge is 0.441 e. The van der Waals surface area contributed by atoms with E-state index in [2.05, 4.69) is 10.1 Å². The van der Waals surface area contributed by atoms with Crippen LogP contribution in [0, 0.1) is 12.3 Å². The van der Waals surface area contributed by atoms with Gasteiger partial charge in [-0.3, -0.25) is 10.2 Å². The van der Waals surface area contributed by atoms with Crippen LogP contribution in [0.4, 0.5) is 13.2 Å². The fraction of sp³-hybridized carbons (Fsp3) is 0.280. The molecule has 0 atom stereocenters. The first-order valence-corrected chi connectivity index (χ1v) is 12.1. The highest BCUT2D eigenvalue weighted by molar-refractivity contribution is 8.27. The van der Waals surface area contributed by atoms with Crippen molar-refractivity contribution in [2.45, 2.75) is 13.1 Å². The standard InChI is InChI=1S/C25H23F3N4O5S/c1-15-4-3-5-17(12-15)36-10-8-35-9-11-37-19-7-6-16(14-20(19)34-2)13-18-21(29)32-24(30-22(18)33)38-23(31-32)25(26,27)28/h3-7,12-14,29H,8-11H2,1-2H3/b18-13-,29-21?. The molecule has 200 valence electrons. The Morgan fingerprint density at radius 2 is 1.82 bits per heavy atom. The number of aryl methyl sites for hydroxylation is 1. The number of ether oxygens (including phenoxy) is 4. The van der Waals surface area contributed by atoms with Gasteiger partial charge in [0.25, 0.3) is 5.91 Å². The highest BCUT2D eigenvalue weighted by Gasteiger charge is 2.46. The third-order valence-corrected chi connectivity index (χ3v) is 6.12. The molecule has 4 rings (SSSR count). The van der Waals surface area contributed by atoms with E-state index in [4.69, 9.17) is 24.4 Å². The second kappa shape index (κ2) is 11.7. The molecule has 1 amide bonds. The second-order valence-electron chi connectivity index (χ2n) is 7.96. The van der Waals surface area contributed by atoms with Crippen LogP contribution >= 0.6 is 11.8 Å². The fourth-order valence-electron chi connectivity index (χ4n) is 3.40. The van der Waals surface area contributed by atoms with Crippen LogP contribution in [0.25, 0.3) is 6.08 Å². The summed E-state index contributed by atoms with van der Waals surface area (Å²) in [6, 6.07) is 12.5. The number of alkyl halides is 3. The van der Waals surface area contributed by atoms with Gasteiger partial charge in [-0.15, -0.1) is 0 Å². The molecule has 0 radical (unpaired) electrons. The Labute approximate surface area is 220 Å². The second-order valence-corrected chi connectivity index (χ2v) is 8.91. The number of halogens is 3. The maximum atomic E-state index is 13.0. The summed E-state index contributed by atoms with van der Waals surface area (Å²) in [5.74, 6) is 0.218. The fourth-order valence-corrected chi connectivity index (χ4v) is 4.16. The molecule has 2 aromatic carbocycles. The van der Waals surface area contributed by atoms with E-state index in [9.17, 15) is 18.0 Å². The number of rotatable bonds is 10. The number of thioether (sulfide) groups is 1. The van der Waals surface area contributed by atoms with Crippen LogP contribution in [0.3, 0.4) is 0 Å². The van der Waals surface area contributed by atoms with Crippen LogP contribution in [0.15, 0.2) is 58.1 Å². The van der Waals surface area contributed by atoms with E-state index in [-0.39, 0.29) is 29.1 Å². The lowest BCUT2D eigenvalue weighted by Crippen LogP contribution is -2.35. The minimum Gasteiger partial charge on any atom is -0.493 e. The number of hydrazone groups is 1. The maximum absolute atomic E-state index is 13.0. The number of hydrogen-bond donors (Lipinski definition) is 1. The lowest BCUT2D eigenvalue weighted by Gasteiger charge is -2.20. The number of aliphatic imine (C=N–C) groups is 1. The van der Waals surface area contributed by atoms with Gasteiger partial charge in [-0.2, -0.15) is 28.3 Å². The molecular weight excluding hydrogens is 525 g/mol. The van der Waals surface area contributed by atoms with Gasteiger partial charge in [0.1, 0.15) is 19.0 Å². The van der Waals surface area contributed by atoms with Crippen molar-refractivity contribution in [1.29, 1.82) is 5.41 Å². The molecule has 13 heteroatoms. The molecule has 2 aromatic rings. The Bertz CT molecular complexity index is 1330. The lowest BCUT2D eigenvalue weighted by atomic mass is 10.1. The zero-order valence-electron chi connectivity index (χ0n) is 20.4. The normalized spacial score (nSPS) is 16.3. The number of nitrogens with zero attached hydrogens (tertiary/aromatic N) is 3. The first kappa shape index (κ1) is 27.2. The van der Waals surface area contributed by atoms with Crippen molar-refractivity contribution in [2.75, 3.05) is 33.5 Å². The first-order chi connectivity index (χ1) is 18.2. The topological polar surface area (TPSA) is 106 Å². The zero-order valence-corrected chi connectivity index (χ0v) is 21.2. The number of methoxy groups -OCH3 is 1. The minimum absolute atomic E-state index is 0.197. The van der Waals surface area contributed by atoms with Crippen molar-refractivity contribution in [3.63, 3.8) is 0 Å². The Morgan fingerprint density at radius 3 is 2.53 bits per heavy atom. The number of carbonyl (C=O) groups is 1. The third kappa shape index (κ3) is 6.53. The van der Waals surface area contributed by atoms with Gasteiger partial charge in [0, 0.05) is 0 Å². The number of hydrogen-bond acceptors (Lipinski definition) is 8. The van der Waals surface area contributed by atoms with E-state index in [1.807, 2.05) is 31.2 Å². The van der Waals surface area contributed by atoms with Gasteiger partial charge >= 0.3 is 6.18 Å². The van der Waals surface area contributed by atoms with Crippen molar-refractivity contribution >= 4 is 39.8 Å². The molecule has 38 heavy (non-hydrogen) atoms. The highest BCUT2D eigenvalue weighted by Crippen LogP contribution is 2.36. The van der Waals surface area contributed by atoms with E-state index >= 15 is 0 Å². The summed E-state index contributed by atoms with van der Waals surface area (Å²) >= 11 is 0.197. The van der Waals surface area contributed by atoms with Gasteiger partial charge in [0.15, 0.2) is 17.3 Å². The molecule has 0 saturated heterocycles. The predicted molar refractivity (Wildman–Crippen MR) is 137 cm³/mol. The molecule has 9 nitrogen and oxygen atoms in total. The Hall–Kier alpha value is -3.84. The Morgan fingerprint density at radius 1 is 1.05 bits per heavy atom. The van der Waals surface area contributed by atoms with E-state index < -0.39 is 23.0 Å².